The van der Waals surface area contributed by atoms with E-state index in [1.807, 2.05) is 6.07 Å². The predicted molar refractivity (Wildman–Crippen MR) is 125 cm³/mol. The zero-order valence-electron chi connectivity index (χ0n) is 18.3. The van der Waals surface area contributed by atoms with E-state index < -0.39 is 5.97 Å². The van der Waals surface area contributed by atoms with Gasteiger partial charge in [0.1, 0.15) is 12.4 Å². The van der Waals surface area contributed by atoms with Crippen LogP contribution in [0.15, 0.2) is 18.2 Å². The van der Waals surface area contributed by atoms with Crippen LogP contribution in [0.1, 0.15) is 60.2 Å². The molecule has 1 unspecified atom stereocenters. The van der Waals surface area contributed by atoms with Crippen molar-refractivity contribution in [3.8, 4) is 0 Å². The van der Waals surface area contributed by atoms with Gasteiger partial charge in [-0.1, -0.05) is 0 Å². The van der Waals surface area contributed by atoms with Crippen LogP contribution in [-0.2, 0) is 14.3 Å². The van der Waals surface area contributed by atoms with Gasteiger partial charge in [0.15, 0.2) is 0 Å². The molecule has 1 aromatic heterocycles. The van der Waals surface area contributed by atoms with Crippen molar-refractivity contribution < 1.29 is 19.1 Å². The molecule has 1 aliphatic rings. The van der Waals surface area contributed by atoms with Crippen molar-refractivity contribution >= 4 is 41.4 Å². The summed E-state index contributed by atoms with van der Waals surface area (Å²) in [5, 5.41) is 5.55. The minimum atomic E-state index is -0.512. The molecule has 1 aliphatic carbocycles. The second kappa shape index (κ2) is 11.3. The fraction of sp³-hybridized carbons (Fsp3) is 0.545. The van der Waals surface area contributed by atoms with Crippen molar-refractivity contribution in [1.29, 1.82) is 0 Å². The SMILES string of the molecule is COC(=O)CNC(=O)c1ccc2c(c1)nc(C(CCCN)CNC(=O)CCS)n2C1CC1. The Bertz CT molecular complexity index is 973. The lowest BCUT2D eigenvalue weighted by Gasteiger charge is -2.19. The Morgan fingerprint density at radius 1 is 1.31 bits per heavy atom. The van der Waals surface area contributed by atoms with E-state index in [1.165, 1.54) is 7.11 Å². The molecule has 0 saturated heterocycles. The van der Waals surface area contributed by atoms with Crippen molar-refractivity contribution in [2.24, 2.45) is 5.73 Å². The van der Waals surface area contributed by atoms with Crippen LogP contribution >= 0.6 is 12.6 Å². The van der Waals surface area contributed by atoms with Crippen molar-refractivity contribution in [1.82, 2.24) is 20.2 Å². The highest BCUT2D eigenvalue weighted by Crippen LogP contribution is 2.41. The highest BCUT2D eigenvalue weighted by Gasteiger charge is 2.31. The molecule has 174 valence electrons. The minimum absolute atomic E-state index is 0.0204. The van der Waals surface area contributed by atoms with E-state index in [9.17, 15) is 14.4 Å². The molecule has 0 aliphatic heterocycles. The van der Waals surface area contributed by atoms with Gasteiger partial charge in [-0.25, -0.2) is 4.98 Å². The number of rotatable bonds is 12. The van der Waals surface area contributed by atoms with Crippen molar-refractivity contribution in [3.63, 3.8) is 0 Å². The molecule has 1 atom stereocenters. The Morgan fingerprint density at radius 3 is 2.75 bits per heavy atom. The van der Waals surface area contributed by atoms with Gasteiger partial charge < -0.3 is 25.7 Å². The summed E-state index contributed by atoms with van der Waals surface area (Å²) < 4.78 is 6.81. The van der Waals surface area contributed by atoms with Gasteiger partial charge in [-0.15, -0.1) is 0 Å². The van der Waals surface area contributed by atoms with Crippen molar-refractivity contribution in [2.75, 3.05) is 32.5 Å². The van der Waals surface area contributed by atoms with Gasteiger partial charge in [0.05, 0.1) is 18.1 Å². The van der Waals surface area contributed by atoms with E-state index >= 15 is 0 Å². The van der Waals surface area contributed by atoms with E-state index in [4.69, 9.17) is 10.7 Å². The standard InChI is InChI=1S/C22H31N5O4S/c1-31-20(29)13-25-22(30)14-4-7-18-17(11-14)26-21(27(18)16-5-6-16)15(3-2-9-23)12-24-19(28)8-10-32/h4,7,11,15-16,32H,2-3,5-6,8-10,12-13,23H2,1H3,(H,24,28)(H,25,30). The maximum absolute atomic E-state index is 12.4. The third-order valence-electron chi connectivity index (χ3n) is 5.52. The smallest absolute Gasteiger partial charge is 0.325 e. The summed E-state index contributed by atoms with van der Waals surface area (Å²) in [7, 11) is 1.27. The molecule has 1 aromatic carbocycles. The Labute approximate surface area is 192 Å². The molecular formula is C22H31N5O4S. The first-order valence-corrected chi connectivity index (χ1v) is 11.6. The number of amides is 2. The molecule has 0 spiro atoms. The van der Waals surface area contributed by atoms with Gasteiger partial charge in [-0.05, 0) is 56.2 Å². The zero-order chi connectivity index (χ0) is 23.1. The molecule has 32 heavy (non-hydrogen) atoms. The molecular weight excluding hydrogens is 430 g/mol. The fourth-order valence-electron chi connectivity index (χ4n) is 3.70. The number of imidazole rings is 1. The highest BCUT2D eigenvalue weighted by atomic mass is 32.1. The molecule has 1 fully saturated rings. The number of aromatic nitrogens is 2. The summed E-state index contributed by atoms with van der Waals surface area (Å²) in [5.41, 5.74) is 7.86. The minimum Gasteiger partial charge on any atom is -0.468 e. The summed E-state index contributed by atoms with van der Waals surface area (Å²) in [6, 6.07) is 5.76. The van der Waals surface area contributed by atoms with E-state index in [-0.39, 0.29) is 24.3 Å². The molecule has 4 N–H and O–H groups in total. The molecule has 2 amide bonds. The summed E-state index contributed by atoms with van der Waals surface area (Å²) >= 11 is 4.12. The lowest BCUT2D eigenvalue weighted by molar-refractivity contribution is -0.139. The number of nitrogens with one attached hydrogen (secondary N) is 2. The van der Waals surface area contributed by atoms with Crippen molar-refractivity contribution in [2.45, 2.75) is 44.1 Å². The first kappa shape index (κ1) is 24.1. The van der Waals surface area contributed by atoms with E-state index in [1.54, 1.807) is 12.1 Å². The Hall–Kier alpha value is -2.59. The molecule has 1 saturated carbocycles. The first-order chi connectivity index (χ1) is 15.5. The molecule has 0 radical (unpaired) electrons. The predicted octanol–water partition coefficient (Wildman–Crippen LogP) is 1.53. The number of hydrogen-bond donors (Lipinski definition) is 4. The highest BCUT2D eigenvalue weighted by molar-refractivity contribution is 7.80. The van der Waals surface area contributed by atoms with Gasteiger partial charge in [0.25, 0.3) is 5.91 Å². The van der Waals surface area contributed by atoms with Crippen LogP contribution in [0, 0.1) is 0 Å². The lowest BCUT2D eigenvalue weighted by Crippen LogP contribution is -2.30. The number of ether oxygens (including phenoxy) is 1. The number of esters is 1. The van der Waals surface area contributed by atoms with Crippen LogP contribution in [-0.4, -0.2) is 59.8 Å². The number of carbonyl (C=O) groups is 3. The Morgan fingerprint density at radius 2 is 2.09 bits per heavy atom. The van der Waals surface area contributed by atoms with E-state index in [2.05, 4.69) is 32.6 Å². The number of benzene rings is 1. The summed E-state index contributed by atoms with van der Waals surface area (Å²) in [6.07, 6.45) is 4.16. The molecule has 10 heteroatoms. The Kier molecular flexibility index (Phi) is 8.52. The van der Waals surface area contributed by atoms with E-state index in [0.717, 1.165) is 42.5 Å². The van der Waals surface area contributed by atoms with Crippen LogP contribution in [0.25, 0.3) is 11.0 Å². The van der Waals surface area contributed by atoms with Gasteiger partial charge in [0.2, 0.25) is 5.91 Å². The molecule has 1 heterocycles. The molecule has 2 aromatic rings. The number of nitrogens with two attached hydrogens (primary N) is 1. The Balaban J connectivity index is 1.88. The van der Waals surface area contributed by atoms with Gasteiger partial charge in [-0.3, -0.25) is 14.4 Å². The van der Waals surface area contributed by atoms with Crippen molar-refractivity contribution in [3.05, 3.63) is 29.6 Å². The van der Waals surface area contributed by atoms with Crippen LogP contribution in [0.4, 0.5) is 0 Å². The van der Waals surface area contributed by atoms with Gasteiger partial charge in [0, 0.05) is 30.5 Å². The maximum Gasteiger partial charge on any atom is 0.325 e. The lowest BCUT2D eigenvalue weighted by atomic mass is 10.0. The number of carbonyl (C=O) groups excluding carboxylic acids is 3. The topological polar surface area (TPSA) is 128 Å². The van der Waals surface area contributed by atoms with Crippen LogP contribution in [0.2, 0.25) is 0 Å². The average molecular weight is 462 g/mol. The molecule has 9 nitrogen and oxygen atoms in total. The largest absolute Gasteiger partial charge is 0.468 e. The number of hydrogen-bond acceptors (Lipinski definition) is 7. The third kappa shape index (κ3) is 6.01. The van der Waals surface area contributed by atoms with Gasteiger partial charge in [-0.2, -0.15) is 12.6 Å². The summed E-state index contributed by atoms with van der Waals surface area (Å²) in [6.45, 7) is 0.854. The normalized spacial score (nSPS) is 14.2. The average Bonchev–Trinajstić information content (AvgIpc) is 3.56. The number of fused-ring (bicyclic) bond motifs is 1. The molecule has 0 bridgehead atoms. The quantitative estimate of drug-likeness (QED) is 0.280. The maximum atomic E-state index is 12.4. The second-order valence-electron chi connectivity index (χ2n) is 7.94. The molecule has 3 rings (SSSR count). The number of thiol groups is 1. The first-order valence-electron chi connectivity index (χ1n) is 10.9. The fourth-order valence-corrected chi connectivity index (χ4v) is 3.91. The monoisotopic (exact) mass is 461 g/mol. The summed E-state index contributed by atoms with van der Waals surface area (Å²) in [4.78, 5) is 40.7. The van der Waals surface area contributed by atoms with Crippen LogP contribution < -0.4 is 16.4 Å². The van der Waals surface area contributed by atoms with Crippen LogP contribution in [0.3, 0.4) is 0 Å². The summed E-state index contributed by atoms with van der Waals surface area (Å²) in [5.74, 6) is 0.527. The zero-order valence-corrected chi connectivity index (χ0v) is 19.2. The number of nitrogens with zero attached hydrogens (tertiary/aromatic N) is 2. The second-order valence-corrected chi connectivity index (χ2v) is 8.39. The van der Waals surface area contributed by atoms with E-state index in [0.29, 0.717) is 36.9 Å². The third-order valence-corrected chi connectivity index (χ3v) is 5.74. The van der Waals surface area contributed by atoms with Crippen LogP contribution in [0.5, 0.6) is 0 Å². The van der Waals surface area contributed by atoms with Gasteiger partial charge >= 0.3 is 5.97 Å². The number of methoxy groups -OCH3 is 1.